The molecule has 0 saturated carbocycles. The molecule has 1 fully saturated rings. The quantitative estimate of drug-likeness (QED) is 0.615. The van der Waals surface area contributed by atoms with Gasteiger partial charge < -0.3 is 14.8 Å². The van der Waals surface area contributed by atoms with E-state index in [2.05, 4.69) is 14.9 Å². The predicted octanol–water partition coefficient (Wildman–Crippen LogP) is 0.905. The number of amides is 4. The highest BCUT2D eigenvalue weighted by molar-refractivity contribution is 6.05. The number of aromatic nitrogens is 2. The third-order valence-corrected chi connectivity index (χ3v) is 4.83. The zero-order valence-corrected chi connectivity index (χ0v) is 15.2. The number of fused-ring (bicyclic) bond motifs is 1. The summed E-state index contributed by atoms with van der Waals surface area (Å²) in [7, 11) is 4.95. The first-order valence-electron chi connectivity index (χ1n) is 8.61. The first kappa shape index (κ1) is 17.9. The summed E-state index contributed by atoms with van der Waals surface area (Å²) in [6.45, 7) is 0.496. The van der Waals surface area contributed by atoms with Crippen LogP contribution < -0.4 is 5.32 Å². The van der Waals surface area contributed by atoms with Gasteiger partial charge in [-0.15, -0.1) is 0 Å². The summed E-state index contributed by atoms with van der Waals surface area (Å²) >= 11 is 0. The standard InChI is InChI=1S/C18H23N5O3/c1-21-13-8-5-4-7-12(13)20-15(21)9-6-10-19-16(24)11-14-17(25)23(3)18(26)22(14)2/h4-5,7-8,14H,6,9-11H2,1-3H3,(H,19,24)/t14-/m0/s1. The number of carbonyl (C=O) groups excluding carboxylic acids is 3. The van der Waals surface area contributed by atoms with E-state index in [4.69, 9.17) is 0 Å². The van der Waals surface area contributed by atoms with Crippen molar-refractivity contribution in [2.24, 2.45) is 7.05 Å². The molecule has 1 aliphatic rings. The van der Waals surface area contributed by atoms with Gasteiger partial charge in [-0.1, -0.05) is 12.1 Å². The molecular formula is C18H23N5O3. The lowest BCUT2D eigenvalue weighted by molar-refractivity contribution is -0.131. The molecule has 2 heterocycles. The average Bonchev–Trinajstić information content (AvgIpc) is 3.04. The van der Waals surface area contributed by atoms with Crippen LogP contribution in [0.25, 0.3) is 11.0 Å². The van der Waals surface area contributed by atoms with E-state index in [1.807, 2.05) is 31.3 Å². The van der Waals surface area contributed by atoms with Crippen molar-refractivity contribution < 1.29 is 14.4 Å². The summed E-state index contributed by atoms with van der Waals surface area (Å²) in [5, 5.41) is 2.82. The summed E-state index contributed by atoms with van der Waals surface area (Å²) in [5.41, 5.74) is 2.05. The van der Waals surface area contributed by atoms with Crippen molar-refractivity contribution in [2.45, 2.75) is 25.3 Å². The first-order valence-corrected chi connectivity index (χ1v) is 8.61. The molecule has 1 aliphatic heterocycles. The molecule has 138 valence electrons. The molecule has 0 spiro atoms. The molecule has 0 bridgehead atoms. The zero-order valence-electron chi connectivity index (χ0n) is 15.2. The number of hydrogen-bond acceptors (Lipinski definition) is 4. The molecule has 0 unspecified atom stereocenters. The lowest BCUT2D eigenvalue weighted by Crippen LogP contribution is -2.37. The van der Waals surface area contributed by atoms with Crippen molar-refractivity contribution in [1.29, 1.82) is 0 Å². The average molecular weight is 357 g/mol. The number of imidazole rings is 1. The predicted molar refractivity (Wildman–Crippen MR) is 96.4 cm³/mol. The minimum absolute atomic E-state index is 0.0162. The van der Waals surface area contributed by atoms with Gasteiger partial charge in [0.25, 0.3) is 5.91 Å². The zero-order chi connectivity index (χ0) is 18.8. The normalized spacial score (nSPS) is 17.4. The Balaban J connectivity index is 1.47. The Labute approximate surface area is 151 Å². The van der Waals surface area contributed by atoms with Crippen LogP contribution in [0.4, 0.5) is 4.79 Å². The van der Waals surface area contributed by atoms with Crippen molar-refractivity contribution in [2.75, 3.05) is 20.6 Å². The number of aryl methyl sites for hydroxylation is 2. The molecule has 0 radical (unpaired) electrons. The number of imide groups is 1. The lowest BCUT2D eigenvalue weighted by atomic mass is 10.2. The van der Waals surface area contributed by atoms with E-state index in [9.17, 15) is 14.4 Å². The van der Waals surface area contributed by atoms with Crippen LogP contribution in [0.1, 0.15) is 18.7 Å². The minimum atomic E-state index is -0.715. The van der Waals surface area contributed by atoms with Crippen molar-refractivity contribution in [3.8, 4) is 0 Å². The number of carbonyl (C=O) groups is 3. The maximum absolute atomic E-state index is 12.1. The number of urea groups is 1. The van der Waals surface area contributed by atoms with Gasteiger partial charge in [-0.2, -0.15) is 0 Å². The highest BCUT2D eigenvalue weighted by atomic mass is 16.2. The molecule has 1 aromatic carbocycles. The van der Waals surface area contributed by atoms with Crippen LogP contribution in [-0.2, 0) is 23.1 Å². The first-order chi connectivity index (χ1) is 12.4. The number of likely N-dealkylation sites (N-methyl/N-ethyl adjacent to an activating group) is 2. The summed E-state index contributed by atoms with van der Waals surface area (Å²) in [5.74, 6) is 0.397. The SMILES string of the molecule is CN1C(=O)[C@H](CC(=O)NCCCc2nc3ccccc3n2C)N(C)C1=O. The number of para-hydroxylation sites is 2. The van der Waals surface area contributed by atoms with E-state index in [-0.39, 0.29) is 24.3 Å². The van der Waals surface area contributed by atoms with E-state index in [0.29, 0.717) is 6.54 Å². The Morgan fingerprint density at radius 3 is 2.58 bits per heavy atom. The van der Waals surface area contributed by atoms with Crippen molar-refractivity contribution >= 4 is 28.9 Å². The summed E-state index contributed by atoms with van der Waals surface area (Å²) in [6.07, 6.45) is 1.48. The Bertz CT molecular complexity index is 860. The van der Waals surface area contributed by atoms with Crippen LogP contribution in [0.15, 0.2) is 24.3 Å². The van der Waals surface area contributed by atoms with Gasteiger partial charge in [-0.05, 0) is 18.6 Å². The molecule has 8 nitrogen and oxygen atoms in total. The summed E-state index contributed by atoms with van der Waals surface area (Å²) in [6, 6.07) is 6.86. The van der Waals surface area contributed by atoms with E-state index in [1.54, 1.807) is 0 Å². The van der Waals surface area contributed by atoms with Gasteiger partial charge in [0.1, 0.15) is 11.9 Å². The van der Waals surface area contributed by atoms with Gasteiger partial charge in [0.2, 0.25) is 5.91 Å². The van der Waals surface area contributed by atoms with Gasteiger partial charge in [-0.3, -0.25) is 14.5 Å². The molecule has 1 saturated heterocycles. The van der Waals surface area contributed by atoms with Gasteiger partial charge in [0.15, 0.2) is 0 Å². The molecule has 3 rings (SSSR count). The maximum Gasteiger partial charge on any atom is 0.326 e. The fourth-order valence-corrected chi connectivity index (χ4v) is 3.22. The van der Waals surface area contributed by atoms with E-state index >= 15 is 0 Å². The van der Waals surface area contributed by atoms with Crippen LogP contribution in [-0.4, -0.2) is 63.9 Å². The third kappa shape index (κ3) is 3.26. The highest BCUT2D eigenvalue weighted by Gasteiger charge is 2.41. The molecular weight excluding hydrogens is 334 g/mol. The molecule has 2 aromatic rings. The van der Waals surface area contributed by atoms with Crippen LogP contribution in [0.5, 0.6) is 0 Å². The molecule has 0 aliphatic carbocycles. The van der Waals surface area contributed by atoms with Crippen molar-refractivity contribution in [1.82, 2.24) is 24.7 Å². The van der Waals surface area contributed by atoms with E-state index < -0.39 is 6.04 Å². The smallest absolute Gasteiger partial charge is 0.326 e. The van der Waals surface area contributed by atoms with Crippen LogP contribution >= 0.6 is 0 Å². The number of hydrogen-bond donors (Lipinski definition) is 1. The van der Waals surface area contributed by atoms with Gasteiger partial charge in [-0.25, -0.2) is 9.78 Å². The fraction of sp³-hybridized carbons (Fsp3) is 0.444. The molecule has 8 heteroatoms. The molecule has 26 heavy (non-hydrogen) atoms. The maximum atomic E-state index is 12.1. The van der Waals surface area contributed by atoms with Gasteiger partial charge in [0.05, 0.1) is 17.5 Å². The Kier molecular flexibility index (Phi) is 4.92. The number of benzene rings is 1. The van der Waals surface area contributed by atoms with Crippen LogP contribution in [0.2, 0.25) is 0 Å². The molecule has 1 N–H and O–H groups in total. The fourth-order valence-electron chi connectivity index (χ4n) is 3.22. The molecule has 4 amide bonds. The second-order valence-corrected chi connectivity index (χ2v) is 6.54. The second-order valence-electron chi connectivity index (χ2n) is 6.54. The Hall–Kier alpha value is -2.90. The van der Waals surface area contributed by atoms with E-state index in [1.165, 1.54) is 19.0 Å². The largest absolute Gasteiger partial charge is 0.356 e. The van der Waals surface area contributed by atoms with E-state index in [0.717, 1.165) is 34.6 Å². The number of nitrogens with zero attached hydrogens (tertiary/aromatic N) is 4. The number of nitrogens with one attached hydrogen (secondary N) is 1. The number of rotatable bonds is 6. The minimum Gasteiger partial charge on any atom is -0.356 e. The Morgan fingerprint density at radius 1 is 1.19 bits per heavy atom. The van der Waals surface area contributed by atoms with Crippen LogP contribution in [0.3, 0.4) is 0 Å². The monoisotopic (exact) mass is 357 g/mol. The molecule has 1 atom stereocenters. The molecule has 1 aromatic heterocycles. The topological polar surface area (TPSA) is 87.5 Å². The van der Waals surface area contributed by atoms with Gasteiger partial charge in [0, 0.05) is 34.1 Å². The summed E-state index contributed by atoms with van der Waals surface area (Å²) in [4.78, 5) is 42.7. The van der Waals surface area contributed by atoms with Gasteiger partial charge >= 0.3 is 6.03 Å². The van der Waals surface area contributed by atoms with Crippen molar-refractivity contribution in [3.05, 3.63) is 30.1 Å². The van der Waals surface area contributed by atoms with Crippen molar-refractivity contribution in [3.63, 3.8) is 0 Å². The Morgan fingerprint density at radius 2 is 1.92 bits per heavy atom. The summed E-state index contributed by atoms with van der Waals surface area (Å²) < 4.78 is 2.06. The lowest BCUT2D eigenvalue weighted by Gasteiger charge is -2.15. The second kappa shape index (κ2) is 7.15. The van der Waals surface area contributed by atoms with Crippen LogP contribution in [0, 0.1) is 0 Å². The highest BCUT2D eigenvalue weighted by Crippen LogP contribution is 2.17. The third-order valence-electron chi connectivity index (χ3n) is 4.83.